The molecule has 26 heavy (non-hydrogen) atoms. The third kappa shape index (κ3) is 6.25. The molecule has 0 aliphatic rings. The molecule has 2 rings (SSSR count). The molecule has 146 valence electrons. The zero-order valence-electron chi connectivity index (χ0n) is 15.4. The van der Waals surface area contributed by atoms with Crippen LogP contribution in [-0.2, 0) is 23.6 Å². The summed E-state index contributed by atoms with van der Waals surface area (Å²) in [6.07, 6.45) is 2.00. The summed E-state index contributed by atoms with van der Waals surface area (Å²) in [5.41, 5.74) is 1.17. The number of guanidine groups is 1. The fourth-order valence-corrected chi connectivity index (χ4v) is 4.71. The van der Waals surface area contributed by atoms with Crippen molar-refractivity contribution in [3.63, 3.8) is 0 Å². The average Bonchev–Trinajstić information content (AvgIpc) is 3.17. The lowest BCUT2D eigenvalue weighted by atomic mass is 10.4. The number of nitrogens with one attached hydrogen (secondary N) is 2. The number of thiophene rings is 1. The van der Waals surface area contributed by atoms with Crippen molar-refractivity contribution >= 4 is 51.3 Å². The zero-order chi connectivity index (χ0) is 18.4. The molecule has 0 aromatic carbocycles. The standard InChI is InChI=1S/C16H25N5O2S2.HI/c1-13-7-8-15(24-13)25(22,23)19-10-9-18-16(17-2)21(4)12-14-6-5-11-20(14)3;/h5-8,11,19H,9-10,12H2,1-4H3,(H,17,18);1H. The van der Waals surface area contributed by atoms with Crippen molar-refractivity contribution in [1.82, 2.24) is 19.5 Å². The third-order valence-electron chi connectivity index (χ3n) is 3.70. The Morgan fingerprint density at radius 3 is 2.58 bits per heavy atom. The van der Waals surface area contributed by atoms with Crippen molar-refractivity contribution in [3.05, 3.63) is 41.0 Å². The van der Waals surface area contributed by atoms with E-state index in [1.165, 1.54) is 17.0 Å². The highest BCUT2D eigenvalue weighted by atomic mass is 127. The second-order valence-corrected chi connectivity index (χ2v) is 8.99. The van der Waals surface area contributed by atoms with Crippen LogP contribution in [0.25, 0.3) is 0 Å². The Morgan fingerprint density at radius 1 is 1.31 bits per heavy atom. The molecule has 2 N–H and O–H groups in total. The SMILES string of the molecule is CN=C(NCCNS(=O)(=O)c1ccc(C)s1)N(C)Cc1cccn1C.I. The summed E-state index contributed by atoms with van der Waals surface area (Å²) in [5, 5.41) is 3.17. The summed E-state index contributed by atoms with van der Waals surface area (Å²) in [6, 6.07) is 7.49. The van der Waals surface area contributed by atoms with Gasteiger partial charge in [0.25, 0.3) is 0 Å². The lowest BCUT2D eigenvalue weighted by molar-refractivity contribution is 0.462. The van der Waals surface area contributed by atoms with Crippen molar-refractivity contribution in [2.45, 2.75) is 17.7 Å². The van der Waals surface area contributed by atoms with Crippen LogP contribution in [0.3, 0.4) is 0 Å². The Balaban J connectivity index is 0.00000338. The highest BCUT2D eigenvalue weighted by Crippen LogP contribution is 2.19. The molecular weight excluding hydrogens is 485 g/mol. The maximum absolute atomic E-state index is 12.2. The van der Waals surface area contributed by atoms with Crippen LogP contribution in [-0.4, -0.2) is 51.0 Å². The molecule has 7 nitrogen and oxygen atoms in total. The van der Waals surface area contributed by atoms with Gasteiger partial charge in [-0.1, -0.05) is 0 Å². The third-order valence-corrected chi connectivity index (χ3v) is 6.66. The van der Waals surface area contributed by atoms with Crippen LogP contribution in [0.2, 0.25) is 0 Å². The molecule has 0 aliphatic carbocycles. The van der Waals surface area contributed by atoms with E-state index in [-0.39, 0.29) is 30.5 Å². The maximum Gasteiger partial charge on any atom is 0.250 e. The van der Waals surface area contributed by atoms with Crippen molar-refractivity contribution in [1.29, 1.82) is 0 Å². The van der Waals surface area contributed by atoms with Gasteiger partial charge in [0.05, 0.1) is 6.54 Å². The van der Waals surface area contributed by atoms with E-state index in [0.29, 0.717) is 23.3 Å². The Labute approximate surface area is 176 Å². The topological polar surface area (TPSA) is 78.7 Å². The van der Waals surface area contributed by atoms with Crippen molar-refractivity contribution in [2.75, 3.05) is 27.2 Å². The van der Waals surface area contributed by atoms with E-state index in [0.717, 1.165) is 4.88 Å². The normalized spacial score (nSPS) is 11.9. The van der Waals surface area contributed by atoms with Gasteiger partial charge in [0.15, 0.2) is 5.96 Å². The number of nitrogens with zero attached hydrogens (tertiary/aromatic N) is 3. The monoisotopic (exact) mass is 511 g/mol. The predicted octanol–water partition coefficient (Wildman–Crippen LogP) is 2.00. The summed E-state index contributed by atoms with van der Waals surface area (Å²) < 4.78 is 29.3. The van der Waals surface area contributed by atoms with Gasteiger partial charge in [0, 0.05) is 51.0 Å². The lowest BCUT2D eigenvalue weighted by Crippen LogP contribution is -2.42. The second-order valence-electron chi connectivity index (χ2n) is 5.70. The van der Waals surface area contributed by atoms with E-state index in [2.05, 4.69) is 25.7 Å². The molecule has 2 heterocycles. The van der Waals surface area contributed by atoms with Gasteiger partial charge in [-0.2, -0.15) is 0 Å². The van der Waals surface area contributed by atoms with Crippen LogP contribution in [0, 0.1) is 6.92 Å². The minimum atomic E-state index is -3.44. The van der Waals surface area contributed by atoms with Gasteiger partial charge in [-0.25, -0.2) is 13.1 Å². The molecule has 0 fully saturated rings. The number of halogens is 1. The van der Waals surface area contributed by atoms with Crippen molar-refractivity contribution < 1.29 is 8.42 Å². The predicted molar refractivity (Wildman–Crippen MR) is 118 cm³/mol. The molecule has 10 heteroatoms. The first-order chi connectivity index (χ1) is 11.8. The zero-order valence-corrected chi connectivity index (χ0v) is 19.4. The van der Waals surface area contributed by atoms with Gasteiger partial charge in [0.2, 0.25) is 10.0 Å². The molecule has 0 saturated carbocycles. The molecular formula is C16H26IN5O2S2. The molecule has 0 amide bonds. The van der Waals surface area contributed by atoms with E-state index < -0.39 is 10.0 Å². The summed E-state index contributed by atoms with van der Waals surface area (Å²) in [4.78, 5) is 7.21. The van der Waals surface area contributed by atoms with E-state index in [9.17, 15) is 8.42 Å². The highest BCUT2D eigenvalue weighted by molar-refractivity contribution is 14.0. The number of rotatable bonds is 7. The number of aromatic nitrogens is 1. The first-order valence-electron chi connectivity index (χ1n) is 7.91. The Bertz CT molecular complexity index is 829. The number of aliphatic imine (C=N–C) groups is 1. The van der Waals surface area contributed by atoms with Crippen LogP contribution in [0.4, 0.5) is 0 Å². The molecule has 2 aromatic heterocycles. The number of hydrogen-bond donors (Lipinski definition) is 2. The van der Waals surface area contributed by atoms with Crippen LogP contribution < -0.4 is 10.0 Å². The van der Waals surface area contributed by atoms with Gasteiger partial charge in [-0.05, 0) is 31.2 Å². The molecule has 2 aromatic rings. The molecule has 0 aliphatic heterocycles. The Kier molecular flexibility index (Phi) is 9.07. The lowest BCUT2D eigenvalue weighted by Gasteiger charge is -2.22. The minimum absolute atomic E-state index is 0. The smallest absolute Gasteiger partial charge is 0.250 e. The van der Waals surface area contributed by atoms with Crippen LogP contribution in [0.5, 0.6) is 0 Å². The van der Waals surface area contributed by atoms with E-state index in [1.54, 1.807) is 19.2 Å². The molecule has 0 spiro atoms. The first-order valence-corrected chi connectivity index (χ1v) is 10.2. The second kappa shape index (κ2) is 10.3. The van der Waals surface area contributed by atoms with Gasteiger partial charge in [-0.3, -0.25) is 4.99 Å². The fourth-order valence-electron chi connectivity index (χ4n) is 2.35. The molecule has 0 unspecified atom stereocenters. The van der Waals surface area contributed by atoms with E-state index in [4.69, 9.17) is 0 Å². The van der Waals surface area contributed by atoms with E-state index in [1.807, 2.05) is 38.2 Å². The van der Waals surface area contributed by atoms with Gasteiger partial charge < -0.3 is 14.8 Å². The van der Waals surface area contributed by atoms with Crippen LogP contribution >= 0.6 is 35.3 Å². The largest absolute Gasteiger partial charge is 0.355 e. The first kappa shape index (κ1) is 22.9. The summed E-state index contributed by atoms with van der Waals surface area (Å²) >= 11 is 1.27. The summed E-state index contributed by atoms with van der Waals surface area (Å²) in [6.45, 7) is 3.34. The van der Waals surface area contributed by atoms with Gasteiger partial charge in [-0.15, -0.1) is 35.3 Å². The van der Waals surface area contributed by atoms with Crippen molar-refractivity contribution in [2.24, 2.45) is 12.0 Å². The highest BCUT2D eigenvalue weighted by Gasteiger charge is 2.15. The van der Waals surface area contributed by atoms with Crippen molar-refractivity contribution in [3.8, 4) is 0 Å². The molecule has 0 radical (unpaired) electrons. The number of sulfonamides is 1. The summed E-state index contributed by atoms with van der Waals surface area (Å²) in [5.74, 6) is 0.715. The van der Waals surface area contributed by atoms with Gasteiger partial charge in [0.1, 0.15) is 4.21 Å². The van der Waals surface area contributed by atoms with Crippen LogP contribution in [0.1, 0.15) is 10.6 Å². The molecule has 0 bridgehead atoms. The Hall–Kier alpha value is -1.11. The minimum Gasteiger partial charge on any atom is -0.355 e. The summed E-state index contributed by atoms with van der Waals surface area (Å²) in [7, 11) is 2.22. The van der Waals surface area contributed by atoms with Crippen LogP contribution in [0.15, 0.2) is 39.7 Å². The van der Waals surface area contributed by atoms with Gasteiger partial charge >= 0.3 is 0 Å². The molecule has 0 saturated heterocycles. The van der Waals surface area contributed by atoms with E-state index >= 15 is 0 Å². The Morgan fingerprint density at radius 2 is 2.04 bits per heavy atom. The quantitative estimate of drug-likeness (QED) is 0.258. The average molecular weight is 511 g/mol. The fraction of sp³-hybridized carbons (Fsp3) is 0.438. The number of hydrogen-bond acceptors (Lipinski definition) is 4. The number of aryl methyl sites for hydroxylation is 2. The molecule has 0 atom stereocenters. The maximum atomic E-state index is 12.2.